The van der Waals surface area contributed by atoms with E-state index < -0.39 is 0 Å². The molecule has 0 bridgehead atoms. The fourth-order valence-corrected chi connectivity index (χ4v) is 1.90. The minimum absolute atomic E-state index is 0.0610. The van der Waals surface area contributed by atoms with Gasteiger partial charge in [-0.15, -0.1) is 0 Å². The zero-order valence-electron chi connectivity index (χ0n) is 13.0. The van der Waals surface area contributed by atoms with Crippen molar-refractivity contribution in [2.45, 2.75) is 32.9 Å². The second-order valence-electron chi connectivity index (χ2n) is 5.70. The summed E-state index contributed by atoms with van der Waals surface area (Å²) in [5.41, 5.74) is 0.910. The molecule has 1 aromatic carbocycles. The maximum atomic E-state index is 11.7. The lowest BCUT2D eigenvalue weighted by atomic mass is 10.1. The van der Waals surface area contributed by atoms with Gasteiger partial charge in [0.2, 0.25) is 5.91 Å². The van der Waals surface area contributed by atoms with Gasteiger partial charge in [-0.05, 0) is 38.5 Å². The number of halogens is 1. The zero-order valence-corrected chi connectivity index (χ0v) is 14.5. The fraction of sp³-hybridized carbons (Fsp3) is 0.467. The molecule has 21 heavy (non-hydrogen) atoms. The van der Waals surface area contributed by atoms with E-state index in [9.17, 15) is 4.79 Å². The highest BCUT2D eigenvalue weighted by Gasteiger charge is 2.13. The summed E-state index contributed by atoms with van der Waals surface area (Å²) in [6, 6.07) is 8.03. The number of nitrogens with one attached hydrogen (secondary N) is 3. The van der Waals surface area contributed by atoms with Crippen LogP contribution in [0.1, 0.15) is 26.3 Å². The summed E-state index contributed by atoms with van der Waals surface area (Å²) in [6.07, 6.45) is 0. The van der Waals surface area contributed by atoms with E-state index in [2.05, 4.69) is 36.9 Å². The average Bonchev–Trinajstić information content (AvgIpc) is 2.39. The summed E-state index contributed by atoms with van der Waals surface area (Å²) < 4.78 is 1.05. The van der Waals surface area contributed by atoms with Crippen LogP contribution in [0.5, 0.6) is 0 Å². The molecule has 0 atom stereocenters. The lowest BCUT2D eigenvalue weighted by Crippen LogP contribution is -2.48. The molecular formula is C15H23BrN4O. The van der Waals surface area contributed by atoms with Crippen molar-refractivity contribution < 1.29 is 4.79 Å². The number of hydrogen-bond donors (Lipinski definition) is 3. The summed E-state index contributed by atoms with van der Waals surface area (Å²) >= 11 is 3.40. The van der Waals surface area contributed by atoms with Crippen LogP contribution in [-0.2, 0) is 11.3 Å². The largest absolute Gasteiger partial charge is 0.352 e. The monoisotopic (exact) mass is 354 g/mol. The molecule has 0 aromatic heterocycles. The number of amides is 1. The van der Waals surface area contributed by atoms with E-state index in [1.54, 1.807) is 7.05 Å². The number of rotatable bonds is 4. The van der Waals surface area contributed by atoms with Crippen molar-refractivity contribution in [3.05, 3.63) is 34.3 Å². The van der Waals surface area contributed by atoms with Gasteiger partial charge in [-0.1, -0.05) is 28.1 Å². The number of carbonyl (C=O) groups is 1. The van der Waals surface area contributed by atoms with Crippen LogP contribution in [0, 0.1) is 0 Å². The lowest BCUT2D eigenvalue weighted by Gasteiger charge is -2.21. The van der Waals surface area contributed by atoms with Crippen molar-refractivity contribution in [2.24, 2.45) is 4.99 Å². The first kappa shape index (κ1) is 17.5. The molecule has 1 amide bonds. The van der Waals surface area contributed by atoms with Gasteiger partial charge in [-0.3, -0.25) is 9.79 Å². The van der Waals surface area contributed by atoms with E-state index >= 15 is 0 Å². The highest BCUT2D eigenvalue weighted by Crippen LogP contribution is 2.10. The molecule has 1 aromatic rings. The van der Waals surface area contributed by atoms with Crippen molar-refractivity contribution in [2.75, 3.05) is 13.6 Å². The predicted octanol–water partition coefficient (Wildman–Crippen LogP) is 2.03. The van der Waals surface area contributed by atoms with E-state index in [0.717, 1.165) is 10.0 Å². The van der Waals surface area contributed by atoms with Gasteiger partial charge in [-0.25, -0.2) is 0 Å². The molecule has 0 aliphatic heterocycles. The van der Waals surface area contributed by atoms with Crippen LogP contribution < -0.4 is 16.0 Å². The highest BCUT2D eigenvalue weighted by atomic mass is 79.9. The van der Waals surface area contributed by atoms with Gasteiger partial charge in [0.1, 0.15) is 0 Å². The van der Waals surface area contributed by atoms with E-state index in [1.165, 1.54) is 0 Å². The molecule has 0 radical (unpaired) electrons. The van der Waals surface area contributed by atoms with Crippen molar-refractivity contribution in [3.63, 3.8) is 0 Å². The fourth-order valence-electron chi connectivity index (χ4n) is 1.64. The molecule has 0 saturated heterocycles. The maximum Gasteiger partial charge on any atom is 0.239 e. The molecule has 6 heteroatoms. The number of benzene rings is 1. The third-order valence-corrected chi connectivity index (χ3v) is 3.06. The van der Waals surface area contributed by atoms with Gasteiger partial charge < -0.3 is 16.0 Å². The Morgan fingerprint density at radius 3 is 2.33 bits per heavy atom. The maximum absolute atomic E-state index is 11.7. The molecule has 0 saturated carbocycles. The molecule has 3 N–H and O–H groups in total. The van der Waals surface area contributed by atoms with Crippen molar-refractivity contribution in [1.29, 1.82) is 0 Å². The first-order valence-corrected chi connectivity index (χ1v) is 7.59. The van der Waals surface area contributed by atoms with E-state index in [-0.39, 0.29) is 18.0 Å². The van der Waals surface area contributed by atoms with Crippen molar-refractivity contribution in [3.8, 4) is 0 Å². The molecule has 116 valence electrons. The Hall–Kier alpha value is -1.56. The van der Waals surface area contributed by atoms with E-state index in [4.69, 9.17) is 0 Å². The number of nitrogens with zero attached hydrogens (tertiary/aromatic N) is 1. The molecule has 5 nitrogen and oxygen atoms in total. The van der Waals surface area contributed by atoms with Gasteiger partial charge >= 0.3 is 0 Å². The molecular weight excluding hydrogens is 332 g/mol. The first-order chi connectivity index (χ1) is 9.80. The second-order valence-corrected chi connectivity index (χ2v) is 6.62. The van der Waals surface area contributed by atoms with Crippen LogP contribution in [0.15, 0.2) is 33.7 Å². The Balaban J connectivity index is 2.39. The highest BCUT2D eigenvalue weighted by molar-refractivity contribution is 9.10. The van der Waals surface area contributed by atoms with Gasteiger partial charge in [0.05, 0.1) is 6.54 Å². The molecule has 0 heterocycles. The van der Waals surface area contributed by atoms with Crippen molar-refractivity contribution >= 4 is 27.8 Å². The lowest BCUT2D eigenvalue weighted by molar-refractivity contribution is -0.121. The van der Waals surface area contributed by atoms with E-state index in [0.29, 0.717) is 12.5 Å². The Morgan fingerprint density at radius 2 is 1.81 bits per heavy atom. The van der Waals surface area contributed by atoms with Crippen LogP contribution >= 0.6 is 15.9 Å². The molecule has 0 unspecified atom stereocenters. The Labute approximate surface area is 134 Å². The zero-order chi connectivity index (χ0) is 15.9. The van der Waals surface area contributed by atoms with Crippen LogP contribution in [0.4, 0.5) is 0 Å². The first-order valence-electron chi connectivity index (χ1n) is 6.80. The SMILES string of the molecule is CN=C(NCC(=O)NC(C)(C)C)NCc1ccc(Br)cc1. The summed E-state index contributed by atoms with van der Waals surface area (Å²) in [5, 5.41) is 9.05. The Bertz CT molecular complexity index is 491. The van der Waals surface area contributed by atoms with Crippen LogP contribution in [0.2, 0.25) is 0 Å². The number of aliphatic imine (C=N–C) groups is 1. The number of guanidine groups is 1. The number of hydrogen-bond acceptors (Lipinski definition) is 2. The number of carbonyl (C=O) groups excluding carboxylic acids is 1. The molecule has 0 fully saturated rings. The molecule has 0 spiro atoms. The quantitative estimate of drug-likeness (QED) is 0.572. The van der Waals surface area contributed by atoms with E-state index in [1.807, 2.05) is 45.0 Å². The predicted molar refractivity (Wildman–Crippen MR) is 90.2 cm³/mol. The topological polar surface area (TPSA) is 65.5 Å². The van der Waals surface area contributed by atoms with Crippen LogP contribution in [0.25, 0.3) is 0 Å². The van der Waals surface area contributed by atoms with Crippen LogP contribution in [-0.4, -0.2) is 31.0 Å². The normalized spacial score (nSPS) is 12.0. The third kappa shape index (κ3) is 7.70. The summed E-state index contributed by atoms with van der Waals surface area (Å²) in [4.78, 5) is 15.8. The second kappa shape index (κ2) is 8.02. The standard InChI is InChI=1S/C15H23BrN4O/c1-15(2,3)20-13(21)10-19-14(17-4)18-9-11-5-7-12(16)8-6-11/h5-8H,9-10H2,1-4H3,(H,20,21)(H2,17,18,19). The molecule has 0 aliphatic rings. The van der Waals surface area contributed by atoms with Crippen molar-refractivity contribution in [1.82, 2.24) is 16.0 Å². The van der Waals surface area contributed by atoms with Crippen LogP contribution in [0.3, 0.4) is 0 Å². The molecule has 0 aliphatic carbocycles. The summed E-state index contributed by atoms with van der Waals surface area (Å²) in [6.45, 7) is 6.69. The summed E-state index contributed by atoms with van der Waals surface area (Å²) in [7, 11) is 1.68. The van der Waals surface area contributed by atoms with Gasteiger partial charge in [-0.2, -0.15) is 0 Å². The Morgan fingerprint density at radius 1 is 1.19 bits per heavy atom. The smallest absolute Gasteiger partial charge is 0.239 e. The third-order valence-electron chi connectivity index (χ3n) is 2.53. The minimum Gasteiger partial charge on any atom is -0.352 e. The van der Waals surface area contributed by atoms with Gasteiger partial charge in [0.15, 0.2) is 5.96 Å². The minimum atomic E-state index is -0.229. The summed E-state index contributed by atoms with van der Waals surface area (Å²) in [5.74, 6) is 0.538. The van der Waals surface area contributed by atoms with Gasteiger partial charge in [0.25, 0.3) is 0 Å². The molecule has 1 rings (SSSR count). The Kier molecular flexibility index (Phi) is 6.68. The van der Waals surface area contributed by atoms with Gasteiger partial charge in [0, 0.05) is 23.6 Å². The average molecular weight is 355 g/mol.